The first-order valence-corrected chi connectivity index (χ1v) is 24.0. The van der Waals surface area contributed by atoms with Gasteiger partial charge in [0.05, 0.1) is 34.4 Å². The van der Waals surface area contributed by atoms with Crippen LogP contribution < -0.4 is 0 Å². The van der Waals surface area contributed by atoms with Crippen LogP contribution in [0.15, 0.2) is 36.5 Å². The van der Waals surface area contributed by atoms with E-state index < -0.39 is 18.1 Å². The summed E-state index contributed by atoms with van der Waals surface area (Å²) in [5.41, 5.74) is 0. The summed E-state index contributed by atoms with van der Waals surface area (Å²) in [7, 11) is 5.52. The molecule has 0 aromatic carbocycles. The number of carboxylic acids is 1. The number of quaternary nitrogens is 1. The molecule has 0 heterocycles. The molecule has 0 fully saturated rings. The molecule has 58 heavy (non-hydrogen) atoms. The monoisotopic (exact) mass is 819 g/mol. The quantitative estimate of drug-likeness (QED) is 0.0215. The molecule has 0 aliphatic carbocycles. The van der Waals surface area contributed by atoms with E-state index in [9.17, 15) is 19.5 Å². The number of aliphatic carboxylic acids is 1. The van der Waals surface area contributed by atoms with E-state index in [0.717, 1.165) is 51.4 Å². The number of carboxylic acid groups (broad SMARTS) is 1. The summed E-state index contributed by atoms with van der Waals surface area (Å²) < 4.78 is 17.3. The minimum Gasteiger partial charge on any atom is -0.477 e. The Morgan fingerprint density at radius 1 is 0.517 bits per heavy atom. The lowest BCUT2D eigenvalue weighted by Crippen LogP contribution is -2.50. The maximum absolute atomic E-state index is 12.7. The Morgan fingerprint density at radius 3 is 1.41 bits per heavy atom. The molecular weight excluding hydrogens is 727 g/mol. The molecule has 0 amide bonds. The molecule has 0 aliphatic heterocycles. The highest BCUT2D eigenvalue weighted by atomic mass is 16.6. The summed E-state index contributed by atoms with van der Waals surface area (Å²) in [6.45, 7) is 4.66. The Bertz CT molecular complexity index is 1050. The van der Waals surface area contributed by atoms with Gasteiger partial charge < -0.3 is 23.8 Å². The fraction of sp³-hybridized carbons (Fsp3) is 0.820. The van der Waals surface area contributed by atoms with Gasteiger partial charge in [0.25, 0.3) is 0 Å². The van der Waals surface area contributed by atoms with E-state index in [1.54, 1.807) is 0 Å². The second kappa shape index (κ2) is 41.3. The zero-order chi connectivity index (χ0) is 42.8. The van der Waals surface area contributed by atoms with Gasteiger partial charge in [-0.25, -0.2) is 4.79 Å². The van der Waals surface area contributed by atoms with Crippen molar-refractivity contribution in [3.63, 3.8) is 0 Å². The van der Waals surface area contributed by atoms with Crippen LogP contribution in [-0.2, 0) is 28.6 Å². The maximum atomic E-state index is 12.7. The van der Waals surface area contributed by atoms with Crippen molar-refractivity contribution in [2.24, 2.45) is 0 Å². The van der Waals surface area contributed by atoms with Crippen LogP contribution in [0.2, 0.25) is 0 Å². The van der Waals surface area contributed by atoms with E-state index in [0.29, 0.717) is 19.3 Å². The van der Waals surface area contributed by atoms with Gasteiger partial charge in [0.2, 0.25) is 0 Å². The molecule has 0 saturated carbocycles. The first-order chi connectivity index (χ1) is 28.1. The molecule has 8 heteroatoms. The summed E-state index contributed by atoms with van der Waals surface area (Å²) in [6.07, 6.45) is 47.8. The minimum atomic E-state index is -0.879. The lowest BCUT2D eigenvalue weighted by Gasteiger charge is -2.31. The molecule has 0 radical (unpaired) electrons. The third-order valence-electron chi connectivity index (χ3n) is 10.8. The van der Waals surface area contributed by atoms with Crippen LogP contribution in [-0.4, -0.2) is 80.6 Å². The predicted octanol–water partition coefficient (Wildman–Crippen LogP) is 13.4. The molecule has 0 aromatic rings. The van der Waals surface area contributed by atoms with Crippen molar-refractivity contribution in [1.82, 2.24) is 0 Å². The summed E-state index contributed by atoms with van der Waals surface area (Å²) in [6, 6.07) is -0.618. The van der Waals surface area contributed by atoms with Crippen LogP contribution >= 0.6 is 0 Å². The molecule has 0 aliphatic rings. The van der Waals surface area contributed by atoms with Crippen molar-refractivity contribution < 1.29 is 38.2 Å². The molecule has 0 aromatic heterocycles. The topological polar surface area (TPSA) is 99.1 Å². The number of likely N-dealkylation sites (N-methyl/N-ethyl adjacent to an activating group) is 1. The highest BCUT2D eigenvalue weighted by molar-refractivity contribution is 5.72. The molecule has 1 N–H and O–H groups in total. The fourth-order valence-electron chi connectivity index (χ4n) is 7.01. The number of rotatable bonds is 43. The Hall–Kier alpha value is -2.45. The first-order valence-electron chi connectivity index (χ1n) is 24.0. The molecule has 8 nitrogen and oxygen atoms in total. The second-order valence-electron chi connectivity index (χ2n) is 17.4. The number of carbonyl (C=O) groups excluding carboxylic acids is 2. The molecule has 0 saturated heterocycles. The van der Waals surface area contributed by atoms with Crippen LogP contribution in [0, 0.1) is 0 Å². The maximum Gasteiger partial charge on any atom is 0.362 e. The van der Waals surface area contributed by atoms with Crippen molar-refractivity contribution in [1.29, 1.82) is 0 Å². The lowest BCUT2D eigenvalue weighted by molar-refractivity contribution is -0.887. The van der Waals surface area contributed by atoms with Gasteiger partial charge in [0.1, 0.15) is 6.61 Å². The standard InChI is InChI=1S/C50H91NO7/c1-6-8-10-12-14-16-18-19-20-21-22-23-24-25-26-27-28-29-31-33-35-37-39-41-49(53)58-46(44-56-43-42-47(50(54)55)51(3,4)5)45-57-48(52)40-38-36-34-32-30-17-15-13-11-9-7-2/h13,15,17,25-26,30,46-47H,6-12,14,16,18-24,27-29,31-45H2,1-5H3/p+1/b15-13+,26-25+,30-17+. The van der Waals surface area contributed by atoms with Gasteiger partial charge in [-0.15, -0.1) is 0 Å². The van der Waals surface area contributed by atoms with Gasteiger partial charge in [0, 0.05) is 19.3 Å². The van der Waals surface area contributed by atoms with Gasteiger partial charge >= 0.3 is 17.9 Å². The molecule has 0 rings (SSSR count). The van der Waals surface area contributed by atoms with Crippen LogP contribution in [0.25, 0.3) is 0 Å². The normalized spacial score (nSPS) is 13.2. The second-order valence-corrected chi connectivity index (χ2v) is 17.4. The smallest absolute Gasteiger partial charge is 0.362 e. The Morgan fingerprint density at radius 2 is 0.931 bits per heavy atom. The first kappa shape index (κ1) is 55.5. The number of allylic oxidation sites excluding steroid dienone is 6. The largest absolute Gasteiger partial charge is 0.477 e. The van der Waals surface area contributed by atoms with E-state index in [-0.39, 0.29) is 36.2 Å². The van der Waals surface area contributed by atoms with E-state index in [4.69, 9.17) is 14.2 Å². The van der Waals surface area contributed by atoms with Crippen molar-refractivity contribution in [3.05, 3.63) is 36.5 Å². The average Bonchev–Trinajstić information content (AvgIpc) is 3.18. The number of hydrogen-bond donors (Lipinski definition) is 1. The SMILES string of the molecule is CCCC/C=C/C=C/CCCCCC(=O)OCC(COCCC(C(=O)O)[N+](C)(C)C)OC(=O)CCCCCCCCC/C=C/CCCCCCCCCCCCCC. The molecule has 338 valence electrons. The van der Waals surface area contributed by atoms with Gasteiger partial charge in [-0.1, -0.05) is 172 Å². The van der Waals surface area contributed by atoms with Crippen LogP contribution in [0.3, 0.4) is 0 Å². The number of ether oxygens (including phenoxy) is 3. The van der Waals surface area contributed by atoms with E-state index in [2.05, 4.69) is 50.3 Å². The van der Waals surface area contributed by atoms with E-state index in [1.807, 2.05) is 21.1 Å². The average molecular weight is 819 g/mol. The van der Waals surface area contributed by atoms with E-state index in [1.165, 1.54) is 128 Å². The molecule has 2 atom stereocenters. The van der Waals surface area contributed by atoms with Gasteiger partial charge in [-0.2, -0.15) is 0 Å². The van der Waals surface area contributed by atoms with Crippen molar-refractivity contribution >= 4 is 17.9 Å². The number of nitrogens with zero attached hydrogens (tertiary/aromatic N) is 1. The highest BCUT2D eigenvalue weighted by Gasteiger charge is 2.31. The zero-order valence-corrected chi connectivity index (χ0v) is 38.5. The Balaban J connectivity index is 4.22. The number of esters is 2. The summed E-state index contributed by atoms with van der Waals surface area (Å²) in [4.78, 5) is 37.0. The minimum absolute atomic E-state index is 0.0519. The molecule has 2 unspecified atom stereocenters. The lowest BCUT2D eigenvalue weighted by atomic mass is 10.0. The number of hydrogen-bond acceptors (Lipinski definition) is 6. The van der Waals surface area contributed by atoms with Gasteiger partial charge in [0.15, 0.2) is 12.1 Å². The molecule has 0 bridgehead atoms. The van der Waals surface area contributed by atoms with Crippen LogP contribution in [0.5, 0.6) is 0 Å². The summed E-state index contributed by atoms with van der Waals surface area (Å²) in [5.74, 6) is -1.50. The van der Waals surface area contributed by atoms with Crippen molar-refractivity contribution in [3.8, 4) is 0 Å². The number of carbonyl (C=O) groups is 3. The van der Waals surface area contributed by atoms with E-state index >= 15 is 0 Å². The molecular formula is C50H92NO7+. The molecule has 0 spiro atoms. The zero-order valence-electron chi connectivity index (χ0n) is 38.5. The van der Waals surface area contributed by atoms with Gasteiger partial charge in [-0.05, 0) is 57.8 Å². The summed E-state index contributed by atoms with van der Waals surface area (Å²) in [5, 5.41) is 9.62. The summed E-state index contributed by atoms with van der Waals surface area (Å²) >= 11 is 0. The number of unbranched alkanes of at least 4 members (excludes halogenated alkanes) is 24. The Kier molecular flexibility index (Phi) is 39.5. The third kappa shape index (κ3) is 39.0. The van der Waals surface area contributed by atoms with Crippen molar-refractivity contribution in [2.75, 3.05) is 41.0 Å². The van der Waals surface area contributed by atoms with Crippen molar-refractivity contribution in [2.45, 2.75) is 225 Å². The predicted molar refractivity (Wildman–Crippen MR) is 243 cm³/mol. The fourth-order valence-corrected chi connectivity index (χ4v) is 7.01. The van der Waals surface area contributed by atoms with Crippen LogP contribution in [0.4, 0.5) is 0 Å². The van der Waals surface area contributed by atoms with Crippen LogP contribution in [0.1, 0.15) is 213 Å². The Labute approximate surface area is 357 Å². The van der Waals surface area contributed by atoms with Gasteiger partial charge in [-0.3, -0.25) is 9.59 Å². The highest BCUT2D eigenvalue weighted by Crippen LogP contribution is 2.15. The third-order valence-corrected chi connectivity index (χ3v) is 10.8.